The van der Waals surface area contributed by atoms with E-state index in [0.717, 1.165) is 36.1 Å². The van der Waals surface area contributed by atoms with E-state index in [1.165, 1.54) is 4.31 Å². The number of carbonyl (C=O) groups excluding carboxylic acids is 1. The third kappa shape index (κ3) is 6.40. The fourth-order valence-electron chi connectivity index (χ4n) is 4.01. The third-order valence-corrected chi connectivity index (χ3v) is 7.79. The number of hydrogen-bond donors (Lipinski definition) is 0. The second kappa shape index (κ2) is 11.1. The van der Waals surface area contributed by atoms with Gasteiger partial charge in [-0.3, -0.25) is 9.69 Å². The first kappa shape index (κ1) is 24.4. The van der Waals surface area contributed by atoms with Crippen LogP contribution in [-0.4, -0.2) is 55.8 Å². The maximum atomic E-state index is 13.2. The zero-order valence-corrected chi connectivity index (χ0v) is 20.1. The van der Waals surface area contributed by atoms with Gasteiger partial charge in [-0.15, -0.1) is 0 Å². The Labute approximate surface area is 192 Å². The standard InChI is InChI=1S/C25H34N2O4S/c1-4-5-13-26-14-15-27(32(29,30)24-11-9-20(2)10-12-24)18-23(26)17-25(28)31-19-22-8-6-7-21(3)16-22/h6-12,16,23H,4-5,13-15,17-19H2,1-3H3. The lowest BCUT2D eigenvalue weighted by molar-refractivity contribution is -0.146. The van der Waals surface area contributed by atoms with Gasteiger partial charge in [0, 0.05) is 25.7 Å². The lowest BCUT2D eigenvalue weighted by Crippen LogP contribution is -2.55. The van der Waals surface area contributed by atoms with Gasteiger partial charge < -0.3 is 4.74 Å². The summed E-state index contributed by atoms with van der Waals surface area (Å²) in [6.45, 7) is 8.47. The molecule has 7 heteroatoms. The molecule has 2 aromatic carbocycles. The van der Waals surface area contributed by atoms with Gasteiger partial charge in [0.2, 0.25) is 10.0 Å². The maximum absolute atomic E-state index is 13.2. The SMILES string of the molecule is CCCCN1CCN(S(=O)(=O)c2ccc(C)cc2)CC1CC(=O)OCc1cccc(C)c1. The van der Waals surface area contributed by atoms with Gasteiger partial charge in [0.05, 0.1) is 11.3 Å². The molecule has 0 saturated carbocycles. The van der Waals surface area contributed by atoms with E-state index in [-0.39, 0.29) is 25.0 Å². The molecule has 1 unspecified atom stereocenters. The van der Waals surface area contributed by atoms with Crippen molar-refractivity contribution in [3.63, 3.8) is 0 Å². The summed E-state index contributed by atoms with van der Waals surface area (Å²) in [5, 5.41) is 0. The van der Waals surface area contributed by atoms with Crippen molar-refractivity contribution >= 4 is 16.0 Å². The molecular weight excluding hydrogens is 424 g/mol. The van der Waals surface area contributed by atoms with Crippen LogP contribution in [-0.2, 0) is 26.2 Å². The summed E-state index contributed by atoms with van der Waals surface area (Å²) in [6, 6.07) is 14.6. The average molecular weight is 459 g/mol. The highest BCUT2D eigenvalue weighted by molar-refractivity contribution is 7.89. The molecule has 6 nitrogen and oxygen atoms in total. The van der Waals surface area contributed by atoms with Crippen molar-refractivity contribution < 1.29 is 17.9 Å². The number of hydrogen-bond acceptors (Lipinski definition) is 5. The zero-order valence-electron chi connectivity index (χ0n) is 19.3. The van der Waals surface area contributed by atoms with Gasteiger partial charge in [0.15, 0.2) is 0 Å². The van der Waals surface area contributed by atoms with Crippen molar-refractivity contribution in [2.45, 2.75) is 57.6 Å². The third-order valence-electron chi connectivity index (χ3n) is 5.91. The number of carbonyl (C=O) groups is 1. The van der Waals surface area contributed by atoms with Crippen LogP contribution in [0.25, 0.3) is 0 Å². The lowest BCUT2D eigenvalue weighted by atomic mass is 10.1. The Kier molecular flexibility index (Phi) is 8.45. The van der Waals surface area contributed by atoms with Crippen LogP contribution in [0, 0.1) is 13.8 Å². The number of rotatable bonds is 9. The summed E-state index contributed by atoms with van der Waals surface area (Å²) in [6.07, 6.45) is 2.24. The molecule has 0 aromatic heterocycles. The summed E-state index contributed by atoms with van der Waals surface area (Å²) in [5.41, 5.74) is 3.09. The van der Waals surface area contributed by atoms with E-state index in [0.29, 0.717) is 24.5 Å². The van der Waals surface area contributed by atoms with E-state index >= 15 is 0 Å². The first-order valence-corrected chi connectivity index (χ1v) is 12.8. The summed E-state index contributed by atoms with van der Waals surface area (Å²) < 4.78 is 33.4. The van der Waals surface area contributed by atoms with Crippen LogP contribution in [0.5, 0.6) is 0 Å². The lowest BCUT2D eigenvalue weighted by Gasteiger charge is -2.40. The Hall–Kier alpha value is -2.22. The van der Waals surface area contributed by atoms with Crippen molar-refractivity contribution in [3.8, 4) is 0 Å². The molecule has 1 atom stereocenters. The fourth-order valence-corrected chi connectivity index (χ4v) is 5.48. The Balaban J connectivity index is 1.68. The molecule has 0 bridgehead atoms. The maximum Gasteiger partial charge on any atom is 0.307 e. The number of unbranched alkanes of at least 4 members (excludes halogenated alkanes) is 1. The smallest absolute Gasteiger partial charge is 0.307 e. The van der Waals surface area contributed by atoms with Gasteiger partial charge in [-0.2, -0.15) is 4.31 Å². The van der Waals surface area contributed by atoms with Crippen LogP contribution >= 0.6 is 0 Å². The van der Waals surface area contributed by atoms with Gasteiger partial charge >= 0.3 is 5.97 Å². The number of sulfonamides is 1. The highest BCUT2D eigenvalue weighted by Crippen LogP contribution is 2.23. The van der Waals surface area contributed by atoms with Crippen molar-refractivity contribution in [2.24, 2.45) is 0 Å². The van der Waals surface area contributed by atoms with Crippen LogP contribution in [0.3, 0.4) is 0 Å². The van der Waals surface area contributed by atoms with Gasteiger partial charge in [0.1, 0.15) is 6.61 Å². The minimum absolute atomic E-state index is 0.176. The van der Waals surface area contributed by atoms with E-state index < -0.39 is 10.0 Å². The number of nitrogens with zero attached hydrogens (tertiary/aromatic N) is 2. The summed E-state index contributed by atoms with van der Waals surface area (Å²) in [4.78, 5) is 15.2. The summed E-state index contributed by atoms with van der Waals surface area (Å²) in [5.74, 6) is -0.299. The largest absolute Gasteiger partial charge is 0.461 e. The van der Waals surface area contributed by atoms with E-state index in [1.54, 1.807) is 12.1 Å². The minimum Gasteiger partial charge on any atom is -0.461 e. The minimum atomic E-state index is -3.60. The molecule has 0 spiro atoms. The van der Waals surface area contributed by atoms with E-state index in [1.807, 2.05) is 50.2 Å². The molecule has 0 aliphatic carbocycles. The molecule has 0 radical (unpaired) electrons. The predicted molar refractivity (Wildman–Crippen MR) is 126 cm³/mol. The topological polar surface area (TPSA) is 66.9 Å². The van der Waals surface area contributed by atoms with Crippen LogP contribution in [0.2, 0.25) is 0 Å². The van der Waals surface area contributed by atoms with Gasteiger partial charge in [-0.1, -0.05) is 60.9 Å². The number of piperazine rings is 1. The summed E-state index contributed by atoms with van der Waals surface area (Å²) in [7, 11) is -3.60. The van der Waals surface area contributed by atoms with Crippen molar-refractivity contribution in [1.29, 1.82) is 0 Å². The number of aryl methyl sites for hydroxylation is 2. The zero-order chi connectivity index (χ0) is 23.1. The number of ether oxygens (including phenoxy) is 1. The Morgan fingerprint density at radius 3 is 2.50 bits per heavy atom. The average Bonchev–Trinajstić information content (AvgIpc) is 2.77. The van der Waals surface area contributed by atoms with E-state index in [4.69, 9.17) is 4.74 Å². The van der Waals surface area contributed by atoms with Gasteiger partial charge in [-0.05, 0) is 44.5 Å². The molecule has 0 amide bonds. The van der Waals surface area contributed by atoms with Crippen LogP contribution in [0.15, 0.2) is 53.4 Å². The van der Waals surface area contributed by atoms with Gasteiger partial charge in [0.25, 0.3) is 0 Å². The second-order valence-corrected chi connectivity index (χ2v) is 10.5. The molecule has 174 valence electrons. The monoisotopic (exact) mass is 458 g/mol. The second-order valence-electron chi connectivity index (χ2n) is 8.57. The molecular formula is C25H34N2O4S. The fraction of sp³-hybridized carbons (Fsp3) is 0.480. The molecule has 2 aromatic rings. The normalized spacial score (nSPS) is 17.9. The van der Waals surface area contributed by atoms with E-state index in [9.17, 15) is 13.2 Å². The highest BCUT2D eigenvalue weighted by atomic mass is 32.2. The van der Waals surface area contributed by atoms with Crippen molar-refractivity contribution in [1.82, 2.24) is 9.21 Å². The van der Waals surface area contributed by atoms with E-state index in [2.05, 4.69) is 11.8 Å². The van der Waals surface area contributed by atoms with Crippen LogP contribution in [0.4, 0.5) is 0 Å². The first-order valence-electron chi connectivity index (χ1n) is 11.3. The molecule has 3 rings (SSSR count). The van der Waals surface area contributed by atoms with Crippen molar-refractivity contribution in [2.75, 3.05) is 26.2 Å². The molecule has 1 heterocycles. The quantitative estimate of drug-likeness (QED) is 0.533. The van der Waals surface area contributed by atoms with Crippen LogP contribution < -0.4 is 0 Å². The molecule has 1 fully saturated rings. The Morgan fingerprint density at radius 2 is 1.81 bits per heavy atom. The Morgan fingerprint density at radius 1 is 1.06 bits per heavy atom. The first-order chi connectivity index (χ1) is 15.3. The molecule has 1 aliphatic rings. The predicted octanol–water partition coefficient (Wildman–Crippen LogP) is 3.91. The molecule has 1 aliphatic heterocycles. The molecule has 32 heavy (non-hydrogen) atoms. The summed E-state index contributed by atoms with van der Waals surface area (Å²) >= 11 is 0. The van der Waals surface area contributed by atoms with Gasteiger partial charge in [-0.25, -0.2) is 8.42 Å². The molecule has 0 N–H and O–H groups in total. The van der Waals surface area contributed by atoms with Crippen LogP contribution in [0.1, 0.15) is 42.9 Å². The van der Waals surface area contributed by atoms with Crippen molar-refractivity contribution in [3.05, 3.63) is 65.2 Å². The highest BCUT2D eigenvalue weighted by Gasteiger charge is 2.35. The number of esters is 1. The molecule has 1 saturated heterocycles. The number of benzene rings is 2. The Bertz CT molecular complexity index is 1000.